The number of carbonyl (C=O) groups is 1. The number of para-hydroxylation sites is 1. The van der Waals surface area contributed by atoms with Crippen LogP contribution in [0, 0.1) is 6.92 Å². The van der Waals surface area contributed by atoms with Gasteiger partial charge in [-0.15, -0.1) is 0 Å². The second-order valence-corrected chi connectivity index (χ2v) is 9.77. The fourth-order valence-corrected chi connectivity index (χ4v) is 4.61. The highest BCUT2D eigenvalue weighted by atomic mass is 35.5. The SMILES string of the molecule is Cc1cccc2c(=O)n(CCC(=O)Nc3cccc(NS(=O)(=O)c4ccc(Cl)cc4)c3)cnc12. The third-order valence-electron chi connectivity index (χ3n) is 5.16. The number of hydrogen-bond acceptors (Lipinski definition) is 5. The smallest absolute Gasteiger partial charge is 0.261 e. The van der Waals surface area contributed by atoms with Crippen molar-refractivity contribution in [3.8, 4) is 0 Å². The van der Waals surface area contributed by atoms with E-state index in [0.29, 0.717) is 21.6 Å². The van der Waals surface area contributed by atoms with Crippen LogP contribution >= 0.6 is 11.6 Å². The van der Waals surface area contributed by atoms with Crippen molar-refractivity contribution in [2.75, 3.05) is 10.0 Å². The van der Waals surface area contributed by atoms with Gasteiger partial charge in [0, 0.05) is 23.7 Å². The number of hydrogen-bond donors (Lipinski definition) is 2. The number of nitrogens with zero attached hydrogens (tertiary/aromatic N) is 2. The zero-order valence-electron chi connectivity index (χ0n) is 18.2. The lowest BCUT2D eigenvalue weighted by Gasteiger charge is -2.11. The average Bonchev–Trinajstić information content (AvgIpc) is 2.79. The number of nitrogens with one attached hydrogen (secondary N) is 2. The Labute approximate surface area is 201 Å². The molecule has 0 radical (unpaired) electrons. The summed E-state index contributed by atoms with van der Waals surface area (Å²) in [5.41, 5.74) is 2.05. The summed E-state index contributed by atoms with van der Waals surface area (Å²) in [6, 6.07) is 17.5. The lowest BCUT2D eigenvalue weighted by atomic mass is 10.1. The summed E-state index contributed by atoms with van der Waals surface area (Å²) in [4.78, 5) is 29.6. The molecule has 8 nitrogen and oxygen atoms in total. The van der Waals surface area contributed by atoms with Crippen LogP contribution in [-0.4, -0.2) is 23.9 Å². The van der Waals surface area contributed by atoms with Crippen LogP contribution in [0.2, 0.25) is 5.02 Å². The molecule has 0 atom stereocenters. The summed E-state index contributed by atoms with van der Waals surface area (Å²) in [6.07, 6.45) is 1.48. The molecular weight excluding hydrogens is 476 g/mol. The lowest BCUT2D eigenvalue weighted by molar-refractivity contribution is -0.116. The second-order valence-electron chi connectivity index (χ2n) is 7.65. The van der Waals surface area contributed by atoms with Gasteiger partial charge in [-0.3, -0.25) is 18.9 Å². The minimum Gasteiger partial charge on any atom is -0.326 e. The molecule has 0 saturated carbocycles. The predicted molar refractivity (Wildman–Crippen MR) is 133 cm³/mol. The molecule has 0 bridgehead atoms. The van der Waals surface area contributed by atoms with Crippen LogP contribution in [0.25, 0.3) is 10.9 Å². The van der Waals surface area contributed by atoms with E-state index in [-0.39, 0.29) is 35.0 Å². The van der Waals surface area contributed by atoms with E-state index < -0.39 is 10.0 Å². The van der Waals surface area contributed by atoms with Gasteiger partial charge in [0.2, 0.25) is 5.91 Å². The molecule has 0 fully saturated rings. The van der Waals surface area contributed by atoms with Gasteiger partial charge in [0.1, 0.15) is 0 Å². The van der Waals surface area contributed by atoms with E-state index in [2.05, 4.69) is 15.0 Å². The second kappa shape index (κ2) is 9.66. The Hall–Kier alpha value is -3.69. The van der Waals surface area contributed by atoms with E-state index in [1.807, 2.05) is 13.0 Å². The number of carbonyl (C=O) groups excluding carboxylic acids is 1. The van der Waals surface area contributed by atoms with Crippen LogP contribution < -0.4 is 15.6 Å². The summed E-state index contributed by atoms with van der Waals surface area (Å²) in [5.74, 6) is -0.325. The molecule has 1 aromatic heterocycles. The minimum absolute atomic E-state index is 0.0413. The Kier molecular flexibility index (Phi) is 6.67. The van der Waals surface area contributed by atoms with Crippen molar-refractivity contribution in [2.45, 2.75) is 24.8 Å². The highest BCUT2D eigenvalue weighted by molar-refractivity contribution is 7.92. The Morgan fingerprint density at radius 1 is 1.03 bits per heavy atom. The Morgan fingerprint density at radius 2 is 1.74 bits per heavy atom. The molecule has 174 valence electrons. The van der Waals surface area contributed by atoms with Gasteiger partial charge in [0.15, 0.2) is 0 Å². The van der Waals surface area contributed by atoms with Crippen molar-refractivity contribution >= 4 is 49.8 Å². The molecule has 0 aliphatic rings. The lowest BCUT2D eigenvalue weighted by Crippen LogP contribution is -2.24. The number of anilines is 2. The van der Waals surface area contributed by atoms with Gasteiger partial charge in [0.25, 0.3) is 15.6 Å². The van der Waals surface area contributed by atoms with Crippen molar-refractivity contribution in [3.63, 3.8) is 0 Å². The van der Waals surface area contributed by atoms with Crippen molar-refractivity contribution < 1.29 is 13.2 Å². The largest absolute Gasteiger partial charge is 0.326 e. The first-order chi connectivity index (χ1) is 16.2. The summed E-state index contributed by atoms with van der Waals surface area (Å²) in [5, 5.41) is 3.66. The number of aromatic nitrogens is 2. The van der Waals surface area contributed by atoms with Crippen molar-refractivity contribution in [2.24, 2.45) is 0 Å². The molecule has 1 heterocycles. The maximum Gasteiger partial charge on any atom is 0.261 e. The van der Waals surface area contributed by atoms with E-state index in [0.717, 1.165) is 5.56 Å². The molecule has 0 aliphatic heterocycles. The summed E-state index contributed by atoms with van der Waals surface area (Å²) in [7, 11) is -3.81. The van der Waals surface area contributed by atoms with Crippen molar-refractivity contribution in [1.29, 1.82) is 0 Å². The molecule has 4 rings (SSSR count). The number of amides is 1. The fraction of sp³-hybridized carbons (Fsp3) is 0.125. The van der Waals surface area contributed by atoms with E-state index in [4.69, 9.17) is 11.6 Å². The third kappa shape index (κ3) is 5.27. The number of aryl methyl sites for hydroxylation is 2. The number of rotatable bonds is 7. The molecule has 10 heteroatoms. The fourth-order valence-electron chi connectivity index (χ4n) is 3.43. The van der Waals surface area contributed by atoms with Gasteiger partial charge in [-0.25, -0.2) is 13.4 Å². The van der Waals surface area contributed by atoms with E-state index in [1.54, 1.807) is 30.3 Å². The average molecular weight is 497 g/mol. The van der Waals surface area contributed by atoms with Crippen LogP contribution in [0.4, 0.5) is 11.4 Å². The first-order valence-corrected chi connectivity index (χ1v) is 12.2. The molecule has 34 heavy (non-hydrogen) atoms. The van der Waals surface area contributed by atoms with Crippen LogP contribution in [0.3, 0.4) is 0 Å². The van der Waals surface area contributed by atoms with E-state index in [9.17, 15) is 18.0 Å². The highest BCUT2D eigenvalue weighted by Gasteiger charge is 2.14. The number of halogens is 1. The first kappa shape index (κ1) is 23.5. The topological polar surface area (TPSA) is 110 Å². The molecule has 1 amide bonds. The summed E-state index contributed by atoms with van der Waals surface area (Å²) in [6.45, 7) is 2.04. The molecular formula is C24H21ClN4O4S. The number of sulfonamides is 1. The molecule has 0 spiro atoms. The Balaban J connectivity index is 1.42. The van der Waals surface area contributed by atoms with Gasteiger partial charge >= 0.3 is 0 Å². The van der Waals surface area contributed by atoms with Gasteiger partial charge in [-0.1, -0.05) is 29.8 Å². The van der Waals surface area contributed by atoms with Crippen LogP contribution in [0.15, 0.2) is 82.7 Å². The molecule has 2 N–H and O–H groups in total. The molecule has 0 saturated heterocycles. The van der Waals surface area contributed by atoms with Crippen LogP contribution in [-0.2, 0) is 21.4 Å². The van der Waals surface area contributed by atoms with E-state index in [1.165, 1.54) is 41.2 Å². The maximum absolute atomic E-state index is 12.7. The quantitative estimate of drug-likeness (QED) is 0.398. The minimum atomic E-state index is -3.81. The standard InChI is InChI=1S/C24H21ClN4O4S/c1-16-4-2-7-21-23(16)26-15-29(24(21)31)13-12-22(30)27-18-5-3-6-19(14-18)28-34(32,33)20-10-8-17(25)9-11-20/h2-11,14-15,28H,12-13H2,1H3,(H,27,30). The Morgan fingerprint density at radius 3 is 2.50 bits per heavy atom. The normalized spacial score (nSPS) is 11.4. The predicted octanol–water partition coefficient (Wildman–Crippen LogP) is 4.19. The van der Waals surface area contributed by atoms with Crippen LogP contribution in [0.1, 0.15) is 12.0 Å². The Bertz CT molecular complexity index is 1530. The summed E-state index contributed by atoms with van der Waals surface area (Å²) >= 11 is 5.82. The highest BCUT2D eigenvalue weighted by Crippen LogP contribution is 2.21. The van der Waals surface area contributed by atoms with Crippen molar-refractivity contribution in [1.82, 2.24) is 9.55 Å². The monoisotopic (exact) mass is 496 g/mol. The third-order valence-corrected chi connectivity index (χ3v) is 6.81. The maximum atomic E-state index is 12.7. The van der Waals surface area contributed by atoms with Crippen molar-refractivity contribution in [3.05, 3.63) is 94.0 Å². The van der Waals surface area contributed by atoms with Crippen LogP contribution in [0.5, 0.6) is 0 Å². The molecule has 4 aromatic rings. The zero-order chi connectivity index (χ0) is 24.3. The summed E-state index contributed by atoms with van der Waals surface area (Å²) < 4.78 is 29.0. The first-order valence-electron chi connectivity index (χ1n) is 10.4. The van der Waals surface area contributed by atoms with Gasteiger partial charge in [-0.2, -0.15) is 0 Å². The zero-order valence-corrected chi connectivity index (χ0v) is 19.7. The van der Waals surface area contributed by atoms with E-state index >= 15 is 0 Å². The number of benzene rings is 3. The molecule has 0 aliphatic carbocycles. The van der Waals surface area contributed by atoms with Gasteiger partial charge < -0.3 is 5.32 Å². The van der Waals surface area contributed by atoms with Gasteiger partial charge in [0.05, 0.1) is 27.8 Å². The molecule has 3 aromatic carbocycles. The molecule has 0 unspecified atom stereocenters. The number of fused-ring (bicyclic) bond motifs is 1. The van der Waals surface area contributed by atoms with Gasteiger partial charge in [-0.05, 0) is 61.0 Å².